The molecular formula is C17H27NO4. The zero-order valence-electron chi connectivity index (χ0n) is 13.9. The first kappa shape index (κ1) is 18.5. The van der Waals surface area contributed by atoms with Crippen molar-refractivity contribution < 1.29 is 19.7 Å². The Balaban J connectivity index is 2.51. The first-order valence-electron chi connectivity index (χ1n) is 7.52. The predicted molar refractivity (Wildman–Crippen MR) is 85.5 cm³/mol. The lowest BCUT2D eigenvalue weighted by molar-refractivity contribution is 0.0297. The summed E-state index contributed by atoms with van der Waals surface area (Å²) >= 11 is 0. The topological polar surface area (TPSA) is 70.0 Å². The molecule has 5 heteroatoms. The van der Waals surface area contributed by atoms with E-state index in [1.54, 1.807) is 18.0 Å². The minimum Gasteiger partial charge on any atom is -0.444 e. The maximum Gasteiger partial charge on any atom is 0.410 e. The molecule has 0 saturated heterocycles. The SMILES string of the molecule is CN(CCCc1cc(CO)cc(CO)c1)C(=O)OC(C)(C)C. The van der Waals surface area contributed by atoms with Crippen molar-refractivity contribution in [3.05, 3.63) is 34.9 Å². The smallest absolute Gasteiger partial charge is 0.410 e. The van der Waals surface area contributed by atoms with Gasteiger partial charge in [-0.1, -0.05) is 18.2 Å². The van der Waals surface area contributed by atoms with E-state index in [9.17, 15) is 15.0 Å². The van der Waals surface area contributed by atoms with E-state index in [0.717, 1.165) is 29.5 Å². The van der Waals surface area contributed by atoms with Gasteiger partial charge in [-0.05, 0) is 50.3 Å². The summed E-state index contributed by atoms with van der Waals surface area (Å²) in [5.74, 6) is 0. The van der Waals surface area contributed by atoms with E-state index >= 15 is 0 Å². The minimum atomic E-state index is -0.489. The quantitative estimate of drug-likeness (QED) is 0.847. The average Bonchev–Trinajstić information content (AvgIpc) is 2.44. The molecule has 2 N–H and O–H groups in total. The normalized spacial score (nSPS) is 11.4. The number of hydrogen-bond acceptors (Lipinski definition) is 4. The molecule has 0 radical (unpaired) electrons. The fourth-order valence-electron chi connectivity index (χ4n) is 2.12. The molecule has 0 fully saturated rings. The molecule has 0 spiro atoms. The number of benzene rings is 1. The lowest BCUT2D eigenvalue weighted by atomic mass is 10.0. The van der Waals surface area contributed by atoms with Crippen molar-refractivity contribution in [2.24, 2.45) is 0 Å². The lowest BCUT2D eigenvalue weighted by Crippen LogP contribution is -2.34. The highest BCUT2D eigenvalue weighted by atomic mass is 16.6. The van der Waals surface area contributed by atoms with E-state index < -0.39 is 5.60 Å². The molecule has 0 aliphatic heterocycles. The number of ether oxygens (including phenoxy) is 1. The molecule has 124 valence electrons. The molecule has 1 amide bonds. The third-order valence-corrected chi connectivity index (χ3v) is 3.14. The van der Waals surface area contributed by atoms with Crippen molar-refractivity contribution in [1.82, 2.24) is 4.90 Å². The highest BCUT2D eigenvalue weighted by Crippen LogP contribution is 2.14. The highest BCUT2D eigenvalue weighted by Gasteiger charge is 2.19. The van der Waals surface area contributed by atoms with Crippen molar-refractivity contribution in [2.45, 2.75) is 52.4 Å². The summed E-state index contributed by atoms with van der Waals surface area (Å²) in [6, 6.07) is 5.63. The zero-order chi connectivity index (χ0) is 16.8. The Bertz CT molecular complexity index is 472. The molecule has 0 aromatic heterocycles. The van der Waals surface area contributed by atoms with Crippen LogP contribution >= 0.6 is 0 Å². The number of aryl methyl sites for hydroxylation is 1. The maximum absolute atomic E-state index is 11.8. The van der Waals surface area contributed by atoms with Crippen LogP contribution in [0.15, 0.2) is 18.2 Å². The summed E-state index contributed by atoms with van der Waals surface area (Å²) < 4.78 is 5.30. The second-order valence-corrected chi connectivity index (χ2v) is 6.48. The van der Waals surface area contributed by atoms with E-state index in [0.29, 0.717) is 6.54 Å². The summed E-state index contributed by atoms with van der Waals surface area (Å²) in [5.41, 5.74) is 2.15. The molecule has 5 nitrogen and oxygen atoms in total. The fourth-order valence-corrected chi connectivity index (χ4v) is 2.12. The van der Waals surface area contributed by atoms with E-state index in [2.05, 4.69) is 0 Å². The number of carbonyl (C=O) groups is 1. The maximum atomic E-state index is 11.8. The number of aliphatic hydroxyl groups is 2. The van der Waals surface area contributed by atoms with Crippen LogP contribution in [0, 0.1) is 0 Å². The number of carbonyl (C=O) groups excluding carboxylic acids is 1. The Morgan fingerprint density at radius 3 is 2.05 bits per heavy atom. The van der Waals surface area contributed by atoms with Crippen molar-refractivity contribution in [1.29, 1.82) is 0 Å². The van der Waals surface area contributed by atoms with Crippen LogP contribution in [0.4, 0.5) is 4.79 Å². The van der Waals surface area contributed by atoms with Crippen LogP contribution in [0.5, 0.6) is 0 Å². The Morgan fingerprint density at radius 2 is 1.59 bits per heavy atom. The van der Waals surface area contributed by atoms with E-state index in [4.69, 9.17) is 4.74 Å². The van der Waals surface area contributed by atoms with Crippen molar-refractivity contribution in [3.8, 4) is 0 Å². The van der Waals surface area contributed by atoms with Gasteiger partial charge in [-0.25, -0.2) is 4.79 Å². The van der Waals surface area contributed by atoms with Crippen LogP contribution in [0.2, 0.25) is 0 Å². The summed E-state index contributed by atoms with van der Waals surface area (Å²) in [6.45, 7) is 6.03. The molecule has 0 heterocycles. The van der Waals surface area contributed by atoms with Gasteiger partial charge in [-0.2, -0.15) is 0 Å². The fraction of sp³-hybridized carbons (Fsp3) is 0.588. The zero-order valence-corrected chi connectivity index (χ0v) is 13.9. The van der Waals surface area contributed by atoms with Crippen LogP contribution in [0.25, 0.3) is 0 Å². The number of amides is 1. The van der Waals surface area contributed by atoms with Crippen LogP contribution in [0.1, 0.15) is 43.9 Å². The molecule has 1 aromatic carbocycles. The van der Waals surface area contributed by atoms with Crippen molar-refractivity contribution in [2.75, 3.05) is 13.6 Å². The Hall–Kier alpha value is -1.59. The van der Waals surface area contributed by atoms with Gasteiger partial charge in [0.25, 0.3) is 0 Å². The highest BCUT2D eigenvalue weighted by molar-refractivity contribution is 5.67. The van der Waals surface area contributed by atoms with Crippen LogP contribution in [-0.4, -0.2) is 40.4 Å². The van der Waals surface area contributed by atoms with Gasteiger partial charge in [0.1, 0.15) is 5.60 Å². The van der Waals surface area contributed by atoms with Gasteiger partial charge in [-0.3, -0.25) is 0 Å². The van der Waals surface area contributed by atoms with Crippen molar-refractivity contribution in [3.63, 3.8) is 0 Å². The molecular weight excluding hydrogens is 282 g/mol. The monoisotopic (exact) mass is 309 g/mol. The second kappa shape index (κ2) is 8.15. The standard InChI is InChI=1S/C17H27NO4/c1-17(2,3)22-16(21)18(4)7-5-6-13-8-14(11-19)10-15(9-13)12-20/h8-10,19-20H,5-7,11-12H2,1-4H3. The second-order valence-electron chi connectivity index (χ2n) is 6.48. The van der Waals surface area contributed by atoms with Gasteiger partial charge in [0, 0.05) is 13.6 Å². The van der Waals surface area contributed by atoms with E-state index in [1.165, 1.54) is 0 Å². The number of rotatable bonds is 6. The Kier molecular flexibility index (Phi) is 6.84. The van der Waals surface area contributed by atoms with Gasteiger partial charge >= 0.3 is 6.09 Å². The predicted octanol–water partition coefficient (Wildman–Crippen LogP) is 2.47. The van der Waals surface area contributed by atoms with Gasteiger partial charge in [0.05, 0.1) is 13.2 Å². The van der Waals surface area contributed by atoms with Crippen LogP contribution < -0.4 is 0 Å². The van der Waals surface area contributed by atoms with Gasteiger partial charge in [0.15, 0.2) is 0 Å². The number of nitrogens with zero attached hydrogens (tertiary/aromatic N) is 1. The number of aliphatic hydroxyl groups excluding tert-OH is 2. The van der Waals surface area contributed by atoms with Crippen molar-refractivity contribution >= 4 is 6.09 Å². The minimum absolute atomic E-state index is 0.0430. The van der Waals surface area contributed by atoms with Crippen LogP contribution in [-0.2, 0) is 24.4 Å². The summed E-state index contributed by atoms with van der Waals surface area (Å²) in [6.07, 6.45) is 1.23. The summed E-state index contributed by atoms with van der Waals surface area (Å²) in [7, 11) is 1.72. The van der Waals surface area contributed by atoms with Crippen LogP contribution in [0.3, 0.4) is 0 Å². The third-order valence-electron chi connectivity index (χ3n) is 3.14. The molecule has 0 aliphatic rings. The van der Waals surface area contributed by atoms with E-state index in [-0.39, 0.29) is 19.3 Å². The largest absolute Gasteiger partial charge is 0.444 e. The van der Waals surface area contributed by atoms with Gasteiger partial charge in [0.2, 0.25) is 0 Å². The Labute approximate surface area is 132 Å². The third kappa shape index (κ3) is 6.45. The molecule has 22 heavy (non-hydrogen) atoms. The summed E-state index contributed by atoms with van der Waals surface area (Å²) in [4.78, 5) is 13.4. The molecule has 0 aliphatic carbocycles. The molecule has 0 atom stereocenters. The first-order valence-corrected chi connectivity index (χ1v) is 7.52. The molecule has 1 aromatic rings. The summed E-state index contributed by atoms with van der Waals surface area (Å²) in [5, 5.41) is 18.5. The molecule has 1 rings (SSSR count). The number of hydrogen-bond donors (Lipinski definition) is 2. The molecule has 0 saturated carbocycles. The molecule has 0 bridgehead atoms. The molecule has 0 unspecified atom stereocenters. The first-order chi connectivity index (χ1) is 10.2. The average molecular weight is 309 g/mol. The van der Waals surface area contributed by atoms with Gasteiger partial charge < -0.3 is 19.8 Å². The van der Waals surface area contributed by atoms with E-state index in [1.807, 2.05) is 32.9 Å². The lowest BCUT2D eigenvalue weighted by Gasteiger charge is -2.24. The Morgan fingerprint density at radius 1 is 1.09 bits per heavy atom. The van der Waals surface area contributed by atoms with Gasteiger partial charge in [-0.15, -0.1) is 0 Å².